The highest BCUT2D eigenvalue weighted by molar-refractivity contribution is 6.30. The highest BCUT2D eigenvalue weighted by Gasteiger charge is 2.49. The minimum Gasteiger partial charge on any atom is -0.444 e. The fourth-order valence-corrected chi connectivity index (χ4v) is 3.90. The number of carbonyl (C=O) groups is 1. The van der Waals surface area contributed by atoms with Crippen LogP contribution < -0.4 is 5.32 Å². The summed E-state index contributed by atoms with van der Waals surface area (Å²) in [7, 11) is 0. The van der Waals surface area contributed by atoms with Gasteiger partial charge in [0.1, 0.15) is 11.3 Å². The van der Waals surface area contributed by atoms with E-state index in [-0.39, 0.29) is 18.2 Å². The number of aromatic nitrogens is 2. The number of rotatable bonds is 5. The molecule has 1 aromatic heterocycles. The SMILES string of the molecule is C[C@@H]1OC(C)(C)N(C(=O)OC(C)(C)C)[C@H]1CCc1ccc(Nc2ncc(Cl)cn2)cc1. The van der Waals surface area contributed by atoms with E-state index in [0.717, 1.165) is 18.5 Å². The number of nitrogens with one attached hydrogen (secondary N) is 1. The number of hydrogen-bond acceptors (Lipinski definition) is 6. The normalized spacial score (nSPS) is 20.5. The first kappa shape index (κ1) is 23.3. The standard InChI is InChI=1S/C23H31ClN4O3/c1-15-19(28(23(5,6)30-15)21(29)31-22(2,3)4)12-9-16-7-10-18(11-8-16)27-20-25-13-17(24)14-26-20/h7-8,10-11,13-15,19H,9,12H2,1-6H3,(H,25,26,27)/t15-,19-/m0/s1. The van der Waals surface area contributed by atoms with Gasteiger partial charge >= 0.3 is 6.09 Å². The van der Waals surface area contributed by atoms with Crippen molar-refractivity contribution in [3.05, 3.63) is 47.2 Å². The molecule has 1 aliphatic heterocycles. The molecule has 0 aliphatic carbocycles. The molecule has 0 bridgehead atoms. The number of ether oxygens (including phenoxy) is 2. The molecule has 7 nitrogen and oxygen atoms in total. The highest BCUT2D eigenvalue weighted by atomic mass is 35.5. The van der Waals surface area contributed by atoms with Crippen molar-refractivity contribution in [3.8, 4) is 0 Å². The van der Waals surface area contributed by atoms with Crippen molar-refractivity contribution in [2.75, 3.05) is 5.32 Å². The summed E-state index contributed by atoms with van der Waals surface area (Å²) < 4.78 is 11.7. The number of amides is 1. The van der Waals surface area contributed by atoms with E-state index in [1.807, 2.05) is 53.7 Å². The lowest BCUT2D eigenvalue weighted by Crippen LogP contribution is -2.50. The molecule has 2 atom stereocenters. The second kappa shape index (κ2) is 9.01. The summed E-state index contributed by atoms with van der Waals surface area (Å²) in [5.74, 6) is 0.490. The lowest BCUT2D eigenvalue weighted by atomic mass is 10.0. The molecule has 1 fully saturated rings. The third kappa shape index (κ3) is 6.08. The van der Waals surface area contributed by atoms with Gasteiger partial charge in [0.2, 0.25) is 5.95 Å². The molecule has 0 radical (unpaired) electrons. The van der Waals surface area contributed by atoms with Crippen LogP contribution in [-0.4, -0.2) is 44.4 Å². The lowest BCUT2D eigenvalue weighted by Gasteiger charge is -2.35. The molecule has 3 rings (SSSR count). The molecule has 1 saturated heterocycles. The van der Waals surface area contributed by atoms with Crippen molar-refractivity contribution in [2.24, 2.45) is 0 Å². The smallest absolute Gasteiger partial charge is 0.412 e. The topological polar surface area (TPSA) is 76.6 Å². The number of hydrogen-bond donors (Lipinski definition) is 1. The lowest BCUT2D eigenvalue weighted by molar-refractivity contribution is -0.0757. The molecule has 0 unspecified atom stereocenters. The molecule has 8 heteroatoms. The molecule has 1 aliphatic rings. The van der Waals surface area contributed by atoms with Crippen molar-refractivity contribution in [2.45, 2.75) is 77.9 Å². The molecule has 31 heavy (non-hydrogen) atoms. The van der Waals surface area contributed by atoms with E-state index in [1.54, 1.807) is 17.3 Å². The Balaban J connectivity index is 1.64. The number of carbonyl (C=O) groups excluding carboxylic acids is 1. The van der Waals surface area contributed by atoms with Gasteiger partial charge in [-0.1, -0.05) is 23.7 Å². The zero-order valence-corrected chi connectivity index (χ0v) is 19.7. The number of aryl methyl sites for hydroxylation is 1. The Bertz CT molecular complexity index is 895. The Morgan fingerprint density at radius 3 is 2.42 bits per heavy atom. The van der Waals surface area contributed by atoms with Crippen LogP contribution in [0.3, 0.4) is 0 Å². The van der Waals surface area contributed by atoms with E-state index in [9.17, 15) is 4.79 Å². The summed E-state index contributed by atoms with van der Waals surface area (Å²) in [5, 5.41) is 3.64. The summed E-state index contributed by atoms with van der Waals surface area (Å²) in [4.78, 5) is 22.9. The van der Waals surface area contributed by atoms with Crippen molar-refractivity contribution >= 4 is 29.3 Å². The van der Waals surface area contributed by atoms with Gasteiger partial charge in [-0.25, -0.2) is 14.8 Å². The first-order valence-electron chi connectivity index (χ1n) is 10.5. The molecule has 0 saturated carbocycles. The molecule has 0 spiro atoms. The summed E-state index contributed by atoms with van der Waals surface area (Å²) in [6.45, 7) is 11.4. The quantitative estimate of drug-likeness (QED) is 0.647. The number of anilines is 2. The van der Waals surface area contributed by atoms with Gasteiger partial charge in [-0.15, -0.1) is 0 Å². The molecule has 2 heterocycles. The number of benzene rings is 1. The van der Waals surface area contributed by atoms with Crippen LogP contribution in [0.25, 0.3) is 0 Å². The van der Waals surface area contributed by atoms with Crippen LogP contribution >= 0.6 is 11.6 Å². The van der Waals surface area contributed by atoms with Crippen LogP contribution in [0.2, 0.25) is 5.02 Å². The summed E-state index contributed by atoms with van der Waals surface area (Å²) in [5.41, 5.74) is 0.794. The molecular weight excluding hydrogens is 416 g/mol. The predicted molar refractivity (Wildman–Crippen MR) is 122 cm³/mol. The summed E-state index contributed by atoms with van der Waals surface area (Å²) in [6.07, 6.45) is 4.27. The van der Waals surface area contributed by atoms with E-state index in [2.05, 4.69) is 27.4 Å². The van der Waals surface area contributed by atoms with Gasteiger partial charge in [0.25, 0.3) is 0 Å². The number of nitrogens with zero attached hydrogens (tertiary/aromatic N) is 3. The van der Waals surface area contributed by atoms with Gasteiger partial charge in [0.15, 0.2) is 0 Å². The molecule has 1 aromatic carbocycles. The molecule has 1 amide bonds. The van der Waals surface area contributed by atoms with Crippen LogP contribution in [0, 0.1) is 0 Å². The van der Waals surface area contributed by atoms with Crippen LogP contribution in [0.1, 0.15) is 53.5 Å². The maximum Gasteiger partial charge on any atom is 0.412 e. The van der Waals surface area contributed by atoms with Gasteiger partial charge in [0.05, 0.1) is 29.6 Å². The molecule has 2 aromatic rings. The molecule has 1 N–H and O–H groups in total. The Kier molecular flexibility index (Phi) is 6.76. The Labute approximate surface area is 189 Å². The van der Waals surface area contributed by atoms with E-state index in [1.165, 1.54) is 5.56 Å². The van der Waals surface area contributed by atoms with E-state index >= 15 is 0 Å². The first-order valence-corrected chi connectivity index (χ1v) is 10.9. The predicted octanol–water partition coefficient (Wildman–Crippen LogP) is 5.57. The zero-order valence-electron chi connectivity index (χ0n) is 19.0. The van der Waals surface area contributed by atoms with Crippen LogP contribution in [-0.2, 0) is 15.9 Å². The summed E-state index contributed by atoms with van der Waals surface area (Å²) >= 11 is 5.82. The van der Waals surface area contributed by atoms with Crippen LogP contribution in [0.4, 0.5) is 16.4 Å². The van der Waals surface area contributed by atoms with Crippen molar-refractivity contribution < 1.29 is 14.3 Å². The van der Waals surface area contributed by atoms with E-state index in [0.29, 0.717) is 11.0 Å². The average molecular weight is 447 g/mol. The van der Waals surface area contributed by atoms with Crippen molar-refractivity contribution in [1.29, 1.82) is 0 Å². The van der Waals surface area contributed by atoms with E-state index in [4.69, 9.17) is 21.1 Å². The fraction of sp³-hybridized carbons (Fsp3) is 0.522. The molecular formula is C23H31ClN4O3. The van der Waals surface area contributed by atoms with Crippen molar-refractivity contribution in [1.82, 2.24) is 14.9 Å². The maximum atomic E-state index is 12.9. The maximum absolute atomic E-state index is 12.9. The minimum atomic E-state index is -0.710. The largest absolute Gasteiger partial charge is 0.444 e. The molecule has 168 valence electrons. The number of halogens is 1. The van der Waals surface area contributed by atoms with Gasteiger partial charge in [-0.3, -0.25) is 4.90 Å². The van der Waals surface area contributed by atoms with Gasteiger partial charge in [0, 0.05) is 5.69 Å². The third-order valence-corrected chi connectivity index (χ3v) is 5.27. The second-order valence-electron chi connectivity index (χ2n) is 9.27. The monoisotopic (exact) mass is 446 g/mol. The highest BCUT2D eigenvalue weighted by Crippen LogP contribution is 2.35. The fourth-order valence-electron chi connectivity index (χ4n) is 3.80. The van der Waals surface area contributed by atoms with E-state index < -0.39 is 11.3 Å². The van der Waals surface area contributed by atoms with Gasteiger partial charge < -0.3 is 14.8 Å². The van der Waals surface area contributed by atoms with Crippen LogP contribution in [0.15, 0.2) is 36.7 Å². The first-order chi connectivity index (χ1) is 14.4. The Morgan fingerprint density at radius 2 is 1.84 bits per heavy atom. The third-order valence-electron chi connectivity index (χ3n) is 5.08. The van der Waals surface area contributed by atoms with Crippen molar-refractivity contribution in [3.63, 3.8) is 0 Å². The minimum absolute atomic E-state index is 0.0647. The average Bonchev–Trinajstić information content (AvgIpc) is 2.89. The van der Waals surface area contributed by atoms with Gasteiger partial charge in [-0.05, 0) is 72.1 Å². The van der Waals surface area contributed by atoms with Gasteiger partial charge in [-0.2, -0.15) is 0 Å². The Hall–Kier alpha value is -2.38. The van der Waals surface area contributed by atoms with Crippen LogP contribution in [0.5, 0.6) is 0 Å². The summed E-state index contributed by atoms with van der Waals surface area (Å²) in [6, 6.07) is 8.02. The second-order valence-corrected chi connectivity index (χ2v) is 9.71. The Morgan fingerprint density at radius 1 is 1.23 bits per heavy atom. The zero-order chi connectivity index (χ0) is 22.8.